The summed E-state index contributed by atoms with van der Waals surface area (Å²) in [5, 5.41) is 10.8. The van der Waals surface area contributed by atoms with E-state index >= 15 is 0 Å². The average Bonchev–Trinajstić information content (AvgIpc) is 3.21. The summed E-state index contributed by atoms with van der Waals surface area (Å²) >= 11 is 6.10. The first-order valence-electron chi connectivity index (χ1n) is 13.6. The number of benzene rings is 1. The molecular formula is C29H36ClN3O5. The van der Waals surface area contributed by atoms with E-state index in [4.69, 9.17) is 16.3 Å². The Morgan fingerprint density at radius 1 is 1.00 bits per heavy atom. The molecule has 204 valence electrons. The second-order valence-electron chi connectivity index (χ2n) is 10.6. The molecule has 1 aromatic rings. The minimum Gasteiger partial charge on any atom is -0.394 e. The van der Waals surface area contributed by atoms with Crippen molar-refractivity contribution in [2.75, 3.05) is 31.1 Å². The van der Waals surface area contributed by atoms with Crippen molar-refractivity contribution >= 4 is 35.0 Å². The molecule has 0 saturated carbocycles. The van der Waals surface area contributed by atoms with Gasteiger partial charge in [0.25, 0.3) is 5.91 Å². The van der Waals surface area contributed by atoms with Gasteiger partial charge in [-0.05, 0) is 43.5 Å². The number of carbonyl (C=O) groups excluding carboxylic acids is 3. The van der Waals surface area contributed by atoms with E-state index in [1.54, 1.807) is 34.1 Å². The molecule has 0 aliphatic carbocycles. The Hall–Kier alpha value is -2.68. The summed E-state index contributed by atoms with van der Waals surface area (Å²) in [6.07, 6.45) is 9.34. The zero-order valence-corrected chi connectivity index (χ0v) is 22.9. The minimum atomic E-state index is -1.34. The van der Waals surface area contributed by atoms with Gasteiger partial charge >= 0.3 is 0 Å². The quantitative estimate of drug-likeness (QED) is 0.535. The number of amides is 3. The Kier molecular flexibility index (Phi) is 7.18. The van der Waals surface area contributed by atoms with Crippen LogP contribution in [-0.2, 0) is 19.1 Å². The summed E-state index contributed by atoms with van der Waals surface area (Å²) in [4.78, 5) is 47.9. The third-order valence-corrected chi connectivity index (χ3v) is 8.92. The summed E-state index contributed by atoms with van der Waals surface area (Å²) in [7, 11) is 0. The van der Waals surface area contributed by atoms with E-state index in [-0.39, 0.29) is 30.9 Å². The van der Waals surface area contributed by atoms with Crippen LogP contribution >= 0.6 is 11.6 Å². The average molecular weight is 542 g/mol. The van der Waals surface area contributed by atoms with E-state index in [2.05, 4.69) is 0 Å². The third-order valence-electron chi connectivity index (χ3n) is 8.67. The maximum atomic E-state index is 14.4. The number of hydrogen-bond acceptors (Lipinski definition) is 5. The third kappa shape index (κ3) is 3.83. The Morgan fingerprint density at radius 3 is 2.34 bits per heavy atom. The van der Waals surface area contributed by atoms with Gasteiger partial charge in [0, 0.05) is 30.3 Å². The van der Waals surface area contributed by atoms with Crippen LogP contribution in [-0.4, -0.2) is 82.2 Å². The highest BCUT2D eigenvalue weighted by atomic mass is 35.5. The smallest absolute Gasteiger partial charge is 0.253 e. The molecule has 38 heavy (non-hydrogen) atoms. The van der Waals surface area contributed by atoms with Crippen molar-refractivity contribution in [3.05, 3.63) is 53.6 Å². The number of carbonyl (C=O) groups is 3. The Morgan fingerprint density at radius 2 is 1.71 bits per heavy atom. The lowest BCUT2D eigenvalue weighted by atomic mass is 9.73. The standard InChI is InChI=1S/C29H36ClN3O5/c1-4-15-31-16-7-13-28(6-3)22(25(31)35)23-26(36)33(20(5-2)18-34)24-27(37)32(17-8-14-29(23,24)38-28)21-11-9-19(30)10-12-21/h7-14,20,22-24,34H,4-6,15-18H2,1-3H3/t20-,22-,23-,24?,28+,29-/m0/s1. The van der Waals surface area contributed by atoms with E-state index in [1.165, 1.54) is 4.90 Å². The summed E-state index contributed by atoms with van der Waals surface area (Å²) in [6.45, 7) is 6.88. The molecule has 0 radical (unpaired) electrons. The Labute approximate surface area is 228 Å². The van der Waals surface area contributed by atoms with Gasteiger partial charge in [-0.1, -0.05) is 56.7 Å². The number of nitrogens with zero attached hydrogens (tertiary/aromatic N) is 3. The number of rotatable bonds is 7. The predicted octanol–water partition coefficient (Wildman–Crippen LogP) is 3.18. The number of aliphatic hydroxyl groups is 1. The lowest BCUT2D eigenvalue weighted by molar-refractivity contribution is -0.152. The van der Waals surface area contributed by atoms with Gasteiger partial charge in [0.05, 0.1) is 30.1 Å². The topological polar surface area (TPSA) is 90.4 Å². The summed E-state index contributed by atoms with van der Waals surface area (Å²) in [5.74, 6) is -2.38. The van der Waals surface area contributed by atoms with E-state index in [9.17, 15) is 19.5 Å². The van der Waals surface area contributed by atoms with Crippen LogP contribution in [0, 0.1) is 11.8 Å². The van der Waals surface area contributed by atoms with Crippen LogP contribution in [0.1, 0.15) is 40.0 Å². The van der Waals surface area contributed by atoms with Gasteiger partial charge in [-0.2, -0.15) is 0 Å². The molecule has 2 fully saturated rings. The van der Waals surface area contributed by atoms with Gasteiger partial charge in [0.15, 0.2) is 0 Å². The molecule has 1 unspecified atom stereocenters. The maximum Gasteiger partial charge on any atom is 0.253 e. The SMILES string of the molecule is CCCN1CC=C[C@@]2(CC)O[C@]34C=CCN(c5ccc(Cl)cc5)C(=O)C3N([C@@H](CC)CO)C(=O)[C@@H]4[C@H]2C1=O. The van der Waals surface area contributed by atoms with Gasteiger partial charge in [0.1, 0.15) is 11.6 Å². The molecule has 0 bridgehead atoms. The van der Waals surface area contributed by atoms with E-state index in [0.717, 1.165) is 6.42 Å². The molecule has 2 saturated heterocycles. The Bertz CT molecular complexity index is 1170. The molecular weight excluding hydrogens is 506 g/mol. The first-order chi connectivity index (χ1) is 18.3. The highest BCUT2D eigenvalue weighted by Crippen LogP contribution is 2.59. The van der Waals surface area contributed by atoms with Crippen LogP contribution in [0.5, 0.6) is 0 Å². The maximum absolute atomic E-state index is 14.4. The monoisotopic (exact) mass is 541 g/mol. The fourth-order valence-corrected chi connectivity index (χ4v) is 7.01. The molecule has 1 aromatic carbocycles. The highest BCUT2D eigenvalue weighted by molar-refractivity contribution is 6.30. The summed E-state index contributed by atoms with van der Waals surface area (Å²) in [5.41, 5.74) is -1.70. The van der Waals surface area contributed by atoms with E-state index < -0.39 is 35.1 Å². The zero-order chi connectivity index (χ0) is 27.2. The molecule has 4 heterocycles. The highest BCUT2D eigenvalue weighted by Gasteiger charge is 2.75. The molecule has 3 amide bonds. The second-order valence-corrected chi connectivity index (χ2v) is 11.1. The van der Waals surface area contributed by atoms with Crippen molar-refractivity contribution in [2.24, 2.45) is 11.8 Å². The fraction of sp³-hybridized carbons (Fsp3) is 0.552. The molecule has 4 aliphatic rings. The first kappa shape index (κ1) is 26.9. The fourth-order valence-electron chi connectivity index (χ4n) is 6.88. The number of fused-ring (bicyclic) bond motifs is 2. The number of anilines is 1. The number of halogens is 1. The van der Waals surface area contributed by atoms with Gasteiger partial charge in [-0.15, -0.1) is 0 Å². The minimum absolute atomic E-state index is 0.119. The molecule has 0 aromatic heterocycles. The first-order valence-corrected chi connectivity index (χ1v) is 14.0. The molecule has 1 N–H and O–H groups in total. The van der Waals surface area contributed by atoms with Gasteiger partial charge < -0.3 is 24.5 Å². The summed E-state index contributed by atoms with van der Waals surface area (Å²) in [6, 6.07) is 5.38. The lowest BCUT2D eigenvalue weighted by Crippen LogP contribution is -2.59. The molecule has 9 heteroatoms. The van der Waals surface area contributed by atoms with Gasteiger partial charge in [-0.25, -0.2) is 0 Å². The van der Waals surface area contributed by atoms with Crippen molar-refractivity contribution < 1.29 is 24.2 Å². The zero-order valence-electron chi connectivity index (χ0n) is 22.2. The van der Waals surface area contributed by atoms with E-state index in [0.29, 0.717) is 36.6 Å². The van der Waals surface area contributed by atoms with Crippen LogP contribution in [0.4, 0.5) is 5.69 Å². The van der Waals surface area contributed by atoms with Gasteiger partial charge in [0.2, 0.25) is 11.8 Å². The number of hydrogen-bond donors (Lipinski definition) is 1. The molecule has 5 rings (SSSR count). The van der Waals surface area contributed by atoms with Crippen molar-refractivity contribution in [2.45, 2.75) is 63.3 Å². The van der Waals surface area contributed by atoms with Crippen molar-refractivity contribution in [3.63, 3.8) is 0 Å². The van der Waals surface area contributed by atoms with Crippen molar-refractivity contribution in [1.82, 2.24) is 9.80 Å². The lowest BCUT2D eigenvalue weighted by Gasteiger charge is -2.40. The predicted molar refractivity (Wildman–Crippen MR) is 145 cm³/mol. The molecule has 4 aliphatic heterocycles. The number of ether oxygens (including phenoxy) is 1. The van der Waals surface area contributed by atoms with Crippen LogP contribution in [0.3, 0.4) is 0 Å². The molecule has 1 spiro atoms. The molecule has 6 atom stereocenters. The summed E-state index contributed by atoms with van der Waals surface area (Å²) < 4.78 is 6.95. The van der Waals surface area contributed by atoms with Crippen LogP contribution in [0.2, 0.25) is 5.02 Å². The number of aliphatic hydroxyl groups excluding tert-OH is 1. The van der Waals surface area contributed by atoms with Gasteiger partial charge in [-0.3, -0.25) is 14.4 Å². The van der Waals surface area contributed by atoms with Crippen LogP contribution in [0.25, 0.3) is 0 Å². The largest absolute Gasteiger partial charge is 0.394 e. The second kappa shape index (κ2) is 10.1. The molecule has 8 nitrogen and oxygen atoms in total. The number of likely N-dealkylation sites (tertiary alicyclic amines) is 1. The van der Waals surface area contributed by atoms with Crippen molar-refractivity contribution in [3.8, 4) is 0 Å². The van der Waals surface area contributed by atoms with Crippen LogP contribution < -0.4 is 4.90 Å². The Balaban J connectivity index is 1.68. The van der Waals surface area contributed by atoms with Crippen molar-refractivity contribution in [1.29, 1.82) is 0 Å². The normalized spacial score (nSPS) is 33.2. The van der Waals surface area contributed by atoms with Crippen LogP contribution in [0.15, 0.2) is 48.6 Å². The van der Waals surface area contributed by atoms with E-state index in [1.807, 2.05) is 45.1 Å².